The highest BCUT2D eigenvalue weighted by molar-refractivity contribution is 5.75. The van der Waals surface area contributed by atoms with E-state index in [0.717, 1.165) is 41.5 Å². The van der Waals surface area contributed by atoms with Gasteiger partial charge in [0.15, 0.2) is 56.6 Å². The summed E-state index contributed by atoms with van der Waals surface area (Å²) in [6, 6.07) is -11.2. The van der Waals surface area contributed by atoms with Crippen molar-refractivity contribution in [1.29, 1.82) is 0 Å². The molecular formula is C66H110N6O46. The molecule has 0 unspecified atom stereocenters. The molecule has 9 saturated heterocycles. The van der Waals surface area contributed by atoms with E-state index in [2.05, 4.69) is 31.9 Å². The Morgan fingerprint density at radius 3 is 0.814 bits per heavy atom. The molecule has 52 nitrogen and oxygen atoms in total. The van der Waals surface area contributed by atoms with Gasteiger partial charge >= 0.3 is 0 Å². The number of hydrogen-bond donors (Lipinski definition) is 29. The molecule has 0 spiro atoms. The molecular weight excluding hydrogens is 1610 g/mol. The smallest absolute Gasteiger partial charge is 0.217 e. The Morgan fingerprint density at radius 1 is 0.220 bits per heavy atom. The van der Waals surface area contributed by atoms with E-state index < -0.39 is 371 Å². The largest absolute Gasteiger partial charge is 0.394 e. The molecule has 52 heteroatoms. The lowest BCUT2D eigenvalue weighted by Gasteiger charge is -2.53. The highest BCUT2D eigenvalue weighted by Crippen LogP contribution is 2.41. The first-order valence-corrected chi connectivity index (χ1v) is 37.6. The molecule has 9 aliphatic heterocycles. The molecule has 29 N–H and O–H groups in total. The van der Waals surface area contributed by atoms with Gasteiger partial charge in [-0.1, -0.05) is 0 Å². The van der Waals surface area contributed by atoms with Gasteiger partial charge in [-0.3, -0.25) is 28.8 Å². The molecule has 680 valence electrons. The standard InChI is InChI=1S/C66H110N6O46/c1-16(81)67-31-45(95)51(26(11-77)103-58(31)101)112-63-36(72-21(6)86)46(96)52(27(12-78)108-63)115-65-50(100)56(117-66-57(118-62-35(71-20(5)85)44(94)40(90)25(10-76)107-62)49(99)54(29(14-80)110-66)114-60-33(69-18(3)83)42(92)38(88)23(8-74)105-60)55(116-61-34(70-19(4)84)43(93)39(89)24(9-75)106-61)30(111-65)15-102-64-48(98)47(97)53(28(13-79)109-64)113-59-32(68-17(2)82)41(91)37(87)22(7-73)104-59/h22-66,73-80,87-101H,7-15H2,1-6H3,(H,67,81)(H,68,82)(H,69,83)(H,70,84)(H,71,85)(H,72,86)/t22-,23-,24-,25-,26-,27-,28-,29-,30-,31-,32-,33-,34-,35-,36-,37-,38-,39-,40-,41-,42-,43-,44-,45-,46-,47-,48+,49+,50+,51-,52-,53-,54-,55-,56-,57+,58-,59+,60+,61+,62+,63+,64+,65+,66-/m1/s1. The van der Waals surface area contributed by atoms with E-state index in [-0.39, 0.29) is 0 Å². The fourth-order valence-corrected chi connectivity index (χ4v) is 15.3. The van der Waals surface area contributed by atoms with Gasteiger partial charge in [-0.15, -0.1) is 0 Å². The molecule has 45 atom stereocenters. The van der Waals surface area contributed by atoms with Crippen molar-refractivity contribution in [2.24, 2.45) is 0 Å². The van der Waals surface area contributed by atoms with Crippen LogP contribution in [0.4, 0.5) is 0 Å². The van der Waals surface area contributed by atoms with Gasteiger partial charge in [0.1, 0.15) is 219 Å². The van der Waals surface area contributed by atoms with Crippen LogP contribution >= 0.6 is 0 Å². The van der Waals surface area contributed by atoms with Crippen LogP contribution in [0.25, 0.3) is 0 Å². The van der Waals surface area contributed by atoms with Crippen molar-refractivity contribution in [1.82, 2.24) is 31.9 Å². The van der Waals surface area contributed by atoms with Crippen LogP contribution in [0.1, 0.15) is 41.5 Å². The van der Waals surface area contributed by atoms with E-state index in [4.69, 9.17) is 80.5 Å². The van der Waals surface area contributed by atoms with Crippen molar-refractivity contribution in [3.05, 3.63) is 0 Å². The van der Waals surface area contributed by atoms with Crippen LogP contribution in [0.2, 0.25) is 0 Å². The quantitative estimate of drug-likeness (QED) is 0.0306. The van der Waals surface area contributed by atoms with Gasteiger partial charge in [0.05, 0.1) is 59.5 Å². The summed E-state index contributed by atoms with van der Waals surface area (Å²) >= 11 is 0. The zero-order valence-corrected chi connectivity index (χ0v) is 64.0. The molecule has 0 saturated carbocycles. The Hall–Kier alpha value is -4.78. The summed E-state index contributed by atoms with van der Waals surface area (Å²) in [5.74, 6) is -5.46. The van der Waals surface area contributed by atoms with E-state index in [1.165, 1.54) is 0 Å². The summed E-state index contributed by atoms with van der Waals surface area (Å²) in [7, 11) is 0. The Balaban J connectivity index is 1.19. The summed E-state index contributed by atoms with van der Waals surface area (Å²) in [6.07, 6.45) is -83.8. The molecule has 0 aromatic carbocycles. The average molecular weight is 1720 g/mol. The molecule has 0 aromatic rings. The normalized spacial score (nSPS) is 46.9. The van der Waals surface area contributed by atoms with Crippen molar-refractivity contribution in [3.63, 3.8) is 0 Å². The van der Waals surface area contributed by atoms with Gasteiger partial charge < -0.3 is 230 Å². The number of amides is 6. The third-order valence-electron chi connectivity index (χ3n) is 21.2. The highest BCUT2D eigenvalue weighted by atomic mass is 16.8. The van der Waals surface area contributed by atoms with Gasteiger partial charge in [0.25, 0.3) is 0 Å². The third-order valence-corrected chi connectivity index (χ3v) is 21.2. The second-order valence-electron chi connectivity index (χ2n) is 29.6. The monoisotopic (exact) mass is 1720 g/mol. The Morgan fingerprint density at radius 2 is 0.466 bits per heavy atom. The van der Waals surface area contributed by atoms with Crippen LogP contribution in [0.5, 0.6) is 0 Å². The fourth-order valence-electron chi connectivity index (χ4n) is 15.3. The molecule has 9 fully saturated rings. The molecule has 0 bridgehead atoms. The van der Waals surface area contributed by atoms with E-state index >= 15 is 0 Å². The number of carbonyl (C=O) groups is 6. The Bertz CT molecular complexity index is 3230. The van der Waals surface area contributed by atoms with Crippen LogP contribution in [-0.4, -0.2) is 488 Å². The maximum atomic E-state index is 13.4. The molecule has 0 aliphatic carbocycles. The summed E-state index contributed by atoms with van der Waals surface area (Å²) in [4.78, 5) is 76.6. The van der Waals surface area contributed by atoms with Crippen molar-refractivity contribution in [2.45, 2.75) is 318 Å². The highest BCUT2D eigenvalue weighted by Gasteiger charge is 2.62. The number of rotatable bonds is 31. The topological polar surface area (TPSA) is 797 Å². The molecule has 9 rings (SSSR count). The number of carbonyl (C=O) groups excluding carboxylic acids is 6. The van der Waals surface area contributed by atoms with Crippen molar-refractivity contribution in [2.75, 3.05) is 59.5 Å². The van der Waals surface area contributed by atoms with E-state index in [1.54, 1.807) is 0 Å². The minimum atomic E-state index is -2.75. The van der Waals surface area contributed by atoms with E-state index in [9.17, 15) is 146 Å². The van der Waals surface area contributed by atoms with Crippen LogP contribution in [0, 0.1) is 0 Å². The summed E-state index contributed by atoms with van der Waals surface area (Å²) < 4.78 is 104. The molecule has 0 radical (unpaired) electrons. The van der Waals surface area contributed by atoms with E-state index in [1.807, 2.05) is 0 Å². The van der Waals surface area contributed by atoms with E-state index in [0.29, 0.717) is 0 Å². The zero-order valence-electron chi connectivity index (χ0n) is 64.0. The fraction of sp³-hybridized carbons (Fsp3) is 0.909. The zero-order chi connectivity index (χ0) is 87.1. The maximum absolute atomic E-state index is 13.4. The lowest BCUT2D eigenvalue weighted by molar-refractivity contribution is -0.411. The molecule has 118 heavy (non-hydrogen) atoms. The second-order valence-corrected chi connectivity index (χ2v) is 29.6. The molecule has 9 aliphatic rings. The predicted molar refractivity (Wildman–Crippen MR) is 367 cm³/mol. The number of nitrogens with one attached hydrogen (secondary N) is 6. The minimum Gasteiger partial charge on any atom is -0.394 e. The van der Waals surface area contributed by atoms with Crippen LogP contribution in [0.3, 0.4) is 0 Å². The first-order chi connectivity index (χ1) is 55.8. The molecule has 9 heterocycles. The number of hydrogen-bond acceptors (Lipinski definition) is 46. The van der Waals surface area contributed by atoms with Crippen molar-refractivity contribution < 1.29 is 227 Å². The lowest BCUT2D eigenvalue weighted by atomic mass is 9.93. The van der Waals surface area contributed by atoms with Crippen molar-refractivity contribution in [3.8, 4) is 0 Å². The average Bonchev–Trinajstić information content (AvgIpc) is 0.752. The predicted octanol–water partition coefficient (Wildman–Crippen LogP) is -19.8. The van der Waals surface area contributed by atoms with Crippen LogP contribution in [0.15, 0.2) is 0 Å². The summed E-state index contributed by atoms with van der Waals surface area (Å²) in [6.45, 7) is -4.64. The van der Waals surface area contributed by atoms with Gasteiger partial charge in [0, 0.05) is 41.5 Å². The third kappa shape index (κ3) is 21.9. The summed E-state index contributed by atoms with van der Waals surface area (Å²) in [5.41, 5.74) is 0. The lowest BCUT2D eigenvalue weighted by Crippen LogP contribution is -2.72. The Labute approximate surface area is 669 Å². The van der Waals surface area contributed by atoms with Gasteiger partial charge in [-0.25, -0.2) is 0 Å². The van der Waals surface area contributed by atoms with Gasteiger partial charge in [-0.2, -0.15) is 0 Å². The number of aliphatic hydroxyl groups excluding tert-OH is 23. The summed E-state index contributed by atoms with van der Waals surface area (Å²) in [5, 5.41) is 274. The van der Waals surface area contributed by atoms with Gasteiger partial charge in [0.2, 0.25) is 35.4 Å². The Kier molecular flexibility index (Phi) is 35.1. The first kappa shape index (κ1) is 97.0. The molecule has 0 aromatic heterocycles. The number of ether oxygens (including phenoxy) is 17. The maximum Gasteiger partial charge on any atom is 0.217 e. The van der Waals surface area contributed by atoms with Gasteiger partial charge in [-0.05, 0) is 0 Å². The van der Waals surface area contributed by atoms with Crippen LogP contribution in [-0.2, 0) is 109 Å². The SMILES string of the molecule is CC(=O)N[C@@H]1[C@@H](O)[C@H](O[C@@H]2O[C@H](CO)[C@@H](O[C@@H]3O[C@H](CO[C@H]4O[C@H](CO)[C@@H](O[C@@H]5O[C@H](CO)[C@@H](O)[C@H](O)[C@H]5NC(C)=O)[C@H](O)[C@@H]4O)[C@@H](O[C@@H]4O[C@H](CO)[C@@H](O)[C@H](O)[C@H]4NC(C)=O)[C@H](O[C@H]4O[C@H](CO)[C@@H](O[C@@H]5O[C@H](CO)[C@@H](O)[C@H](O)[C@H]5NC(C)=O)[C@H](O)[C@@H]4O[C@@H]4O[C@H](CO)[C@@H](O)[C@H](O)[C@H]4NC(C)=O)[C@@H]3O)[C@H](O)[C@H]2NC(C)=O)[C@@H](CO)O[C@H]1O. The van der Waals surface area contributed by atoms with Crippen molar-refractivity contribution >= 4 is 35.4 Å². The first-order valence-electron chi connectivity index (χ1n) is 37.6. The van der Waals surface area contributed by atoms with Crippen LogP contribution < -0.4 is 31.9 Å². The molecule has 6 amide bonds. The minimum absolute atomic E-state index is 0.810. The second kappa shape index (κ2) is 42.7. The number of aliphatic hydroxyl groups is 23.